The molecule has 7 heteroatoms. The van der Waals surface area contributed by atoms with Gasteiger partial charge >= 0.3 is 11.9 Å². The molecular weight excluding hydrogens is 272 g/mol. The number of rotatable bonds is 5. The van der Waals surface area contributed by atoms with Crippen molar-refractivity contribution < 1.29 is 27.5 Å². The van der Waals surface area contributed by atoms with Crippen LogP contribution in [-0.4, -0.2) is 39.8 Å². The zero-order valence-corrected chi connectivity index (χ0v) is 11.3. The highest BCUT2D eigenvalue weighted by Gasteiger charge is 2.37. The summed E-state index contributed by atoms with van der Waals surface area (Å²) in [6.07, 6.45) is -0.583. The Bertz CT molecular complexity index is 549. The molecule has 0 aliphatic heterocycles. The van der Waals surface area contributed by atoms with Crippen molar-refractivity contribution in [2.24, 2.45) is 0 Å². The molecule has 0 aliphatic carbocycles. The van der Waals surface area contributed by atoms with Crippen LogP contribution in [0.3, 0.4) is 0 Å². The van der Waals surface area contributed by atoms with Crippen molar-refractivity contribution in [3.05, 3.63) is 30.3 Å². The number of methoxy groups -OCH3 is 2. The second-order valence-electron chi connectivity index (χ2n) is 3.65. The third kappa shape index (κ3) is 3.54. The Morgan fingerprint density at radius 3 is 2.16 bits per heavy atom. The highest BCUT2D eigenvalue weighted by Crippen LogP contribution is 2.19. The van der Waals surface area contributed by atoms with E-state index in [4.69, 9.17) is 0 Å². The van der Waals surface area contributed by atoms with Crippen LogP contribution in [0.1, 0.15) is 6.42 Å². The third-order valence-electron chi connectivity index (χ3n) is 2.49. The second-order valence-corrected chi connectivity index (χ2v) is 5.78. The number of ether oxygens (including phenoxy) is 2. The summed E-state index contributed by atoms with van der Waals surface area (Å²) < 4.78 is 33.4. The number of hydrogen-bond donors (Lipinski definition) is 0. The lowest BCUT2D eigenvalue weighted by Gasteiger charge is -2.14. The molecule has 19 heavy (non-hydrogen) atoms. The van der Waals surface area contributed by atoms with Crippen molar-refractivity contribution in [1.82, 2.24) is 0 Å². The molecule has 1 atom stereocenters. The quantitative estimate of drug-likeness (QED) is 0.735. The third-order valence-corrected chi connectivity index (χ3v) is 4.53. The molecule has 104 valence electrons. The predicted octanol–water partition coefficient (Wildman–Crippen LogP) is 0.565. The van der Waals surface area contributed by atoms with Gasteiger partial charge in [0.2, 0.25) is 0 Å². The lowest BCUT2D eigenvalue weighted by atomic mass is 10.3. The van der Waals surface area contributed by atoms with E-state index in [-0.39, 0.29) is 4.90 Å². The Morgan fingerprint density at radius 2 is 1.68 bits per heavy atom. The van der Waals surface area contributed by atoms with Crippen LogP contribution in [0.5, 0.6) is 0 Å². The Balaban J connectivity index is 3.17. The van der Waals surface area contributed by atoms with Crippen LogP contribution in [0.25, 0.3) is 0 Å². The van der Waals surface area contributed by atoms with Gasteiger partial charge in [0.05, 0.1) is 25.5 Å². The molecule has 0 heterocycles. The molecule has 0 radical (unpaired) electrons. The van der Waals surface area contributed by atoms with E-state index in [0.29, 0.717) is 0 Å². The molecule has 1 unspecified atom stereocenters. The van der Waals surface area contributed by atoms with Gasteiger partial charge < -0.3 is 9.47 Å². The molecule has 6 nitrogen and oxygen atoms in total. The molecule has 0 saturated heterocycles. The molecular formula is C12H14O6S. The van der Waals surface area contributed by atoms with E-state index in [1.165, 1.54) is 24.3 Å². The number of hydrogen-bond acceptors (Lipinski definition) is 6. The number of esters is 2. The van der Waals surface area contributed by atoms with Crippen molar-refractivity contribution in [2.45, 2.75) is 16.6 Å². The van der Waals surface area contributed by atoms with Crippen LogP contribution in [0.4, 0.5) is 0 Å². The van der Waals surface area contributed by atoms with E-state index < -0.39 is 33.4 Å². The summed E-state index contributed by atoms with van der Waals surface area (Å²) in [5, 5.41) is -1.60. The standard InChI is InChI=1S/C12H14O6S/c1-17-11(13)8-10(12(14)18-2)19(15,16)9-6-4-3-5-7-9/h3-7,10H,8H2,1-2H3. The van der Waals surface area contributed by atoms with Crippen molar-refractivity contribution in [1.29, 1.82) is 0 Å². The predicted molar refractivity (Wildman–Crippen MR) is 66.1 cm³/mol. The van der Waals surface area contributed by atoms with Crippen LogP contribution in [-0.2, 0) is 28.9 Å². The average Bonchev–Trinajstić information content (AvgIpc) is 2.44. The van der Waals surface area contributed by atoms with Gasteiger partial charge in [-0.1, -0.05) is 18.2 Å². The Morgan fingerprint density at radius 1 is 1.11 bits per heavy atom. The molecule has 1 aromatic rings. The molecule has 0 fully saturated rings. The van der Waals surface area contributed by atoms with Crippen LogP contribution < -0.4 is 0 Å². The lowest BCUT2D eigenvalue weighted by Crippen LogP contribution is -2.34. The maximum atomic E-state index is 12.3. The smallest absolute Gasteiger partial charge is 0.325 e. The van der Waals surface area contributed by atoms with Gasteiger partial charge in [-0.25, -0.2) is 8.42 Å². The number of carbonyl (C=O) groups is 2. The van der Waals surface area contributed by atoms with Gasteiger partial charge in [0.15, 0.2) is 15.1 Å². The average molecular weight is 286 g/mol. The second kappa shape index (κ2) is 6.33. The van der Waals surface area contributed by atoms with Crippen LogP contribution >= 0.6 is 0 Å². The molecule has 1 aromatic carbocycles. The van der Waals surface area contributed by atoms with Crippen LogP contribution in [0, 0.1) is 0 Å². The van der Waals surface area contributed by atoms with E-state index in [1.807, 2.05) is 0 Å². The number of sulfone groups is 1. The van der Waals surface area contributed by atoms with Gasteiger partial charge in [0, 0.05) is 0 Å². The summed E-state index contributed by atoms with van der Waals surface area (Å²) in [6, 6.07) is 7.40. The first-order chi connectivity index (χ1) is 8.93. The first-order valence-corrected chi connectivity index (χ1v) is 6.91. The fourth-order valence-corrected chi connectivity index (χ4v) is 3.03. The Labute approximate surface area is 111 Å². The zero-order chi connectivity index (χ0) is 14.5. The highest BCUT2D eigenvalue weighted by atomic mass is 32.2. The van der Waals surface area contributed by atoms with Gasteiger partial charge in [-0.3, -0.25) is 9.59 Å². The summed E-state index contributed by atoms with van der Waals surface area (Å²) in [5.74, 6) is -1.79. The summed E-state index contributed by atoms with van der Waals surface area (Å²) in [5.41, 5.74) is 0. The Hall–Kier alpha value is -1.89. The fraction of sp³-hybridized carbons (Fsp3) is 0.333. The fourth-order valence-electron chi connectivity index (χ4n) is 1.46. The van der Waals surface area contributed by atoms with Gasteiger partial charge in [0.25, 0.3) is 0 Å². The minimum Gasteiger partial charge on any atom is -0.469 e. The van der Waals surface area contributed by atoms with Gasteiger partial charge in [-0.05, 0) is 12.1 Å². The van der Waals surface area contributed by atoms with Crippen molar-refractivity contribution in [3.63, 3.8) is 0 Å². The normalized spacial score (nSPS) is 12.5. The molecule has 0 spiro atoms. The van der Waals surface area contributed by atoms with E-state index in [9.17, 15) is 18.0 Å². The van der Waals surface area contributed by atoms with Gasteiger partial charge in [0.1, 0.15) is 0 Å². The summed E-state index contributed by atoms with van der Waals surface area (Å²) in [6.45, 7) is 0. The Kier molecular flexibility index (Phi) is 5.05. The van der Waals surface area contributed by atoms with E-state index in [2.05, 4.69) is 9.47 Å². The molecule has 0 N–H and O–H groups in total. The maximum Gasteiger partial charge on any atom is 0.325 e. The van der Waals surface area contributed by atoms with Crippen molar-refractivity contribution in [3.8, 4) is 0 Å². The molecule has 0 aromatic heterocycles. The largest absolute Gasteiger partial charge is 0.469 e. The van der Waals surface area contributed by atoms with E-state index >= 15 is 0 Å². The minimum atomic E-state index is -3.99. The number of benzene rings is 1. The van der Waals surface area contributed by atoms with E-state index in [0.717, 1.165) is 14.2 Å². The van der Waals surface area contributed by atoms with E-state index in [1.54, 1.807) is 6.07 Å². The molecule has 0 saturated carbocycles. The molecule has 0 aliphatic rings. The monoisotopic (exact) mass is 286 g/mol. The topological polar surface area (TPSA) is 86.7 Å². The van der Waals surface area contributed by atoms with Crippen LogP contribution in [0.15, 0.2) is 35.2 Å². The lowest BCUT2D eigenvalue weighted by molar-refractivity contribution is -0.146. The SMILES string of the molecule is COC(=O)CC(C(=O)OC)S(=O)(=O)c1ccccc1. The summed E-state index contributed by atoms with van der Waals surface area (Å²) >= 11 is 0. The van der Waals surface area contributed by atoms with Gasteiger partial charge in [-0.15, -0.1) is 0 Å². The summed E-state index contributed by atoms with van der Waals surface area (Å²) in [7, 11) is -1.81. The molecule has 1 rings (SSSR count). The zero-order valence-electron chi connectivity index (χ0n) is 10.5. The maximum absolute atomic E-state index is 12.3. The highest BCUT2D eigenvalue weighted by molar-refractivity contribution is 7.92. The molecule has 0 amide bonds. The van der Waals surface area contributed by atoms with Gasteiger partial charge in [-0.2, -0.15) is 0 Å². The van der Waals surface area contributed by atoms with Crippen molar-refractivity contribution >= 4 is 21.8 Å². The van der Waals surface area contributed by atoms with Crippen LogP contribution in [0.2, 0.25) is 0 Å². The first-order valence-electron chi connectivity index (χ1n) is 5.37. The molecule has 0 bridgehead atoms. The first kappa shape index (κ1) is 15.2. The number of carbonyl (C=O) groups excluding carboxylic acids is 2. The van der Waals surface area contributed by atoms with Crippen molar-refractivity contribution in [2.75, 3.05) is 14.2 Å². The summed E-state index contributed by atoms with van der Waals surface area (Å²) in [4.78, 5) is 22.8. The minimum absolute atomic E-state index is 0.0469.